The van der Waals surface area contributed by atoms with Gasteiger partial charge in [0.05, 0.1) is 19.3 Å². The number of nitrogens with zero attached hydrogens (tertiary/aromatic N) is 4. The van der Waals surface area contributed by atoms with Gasteiger partial charge in [-0.3, -0.25) is 19.3 Å². The molecule has 274 valence electrons. The minimum Gasteiger partial charge on any atom is -0.453 e. The van der Waals surface area contributed by atoms with Gasteiger partial charge < -0.3 is 30.2 Å². The van der Waals surface area contributed by atoms with Crippen molar-refractivity contribution < 1.29 is 23.9 Å². The molecule has 3 heterocycles. The van der Waals surface area contributed by atoms with E-state index in [-0.39, 0.29) is 23.8 Å². The van der Waals surface area contributed by atoms with E-state index in [4.69, 9.17) is 4.74 Å². The third kappa shape index (κ3) is 8.76. The zero-order valence-electron chi connectivity index (χ0n) is 30.2. The van der Waals surface area contributed by atoms with Crippen LogP contribution in [0, 0.1) is 11.8 Å². The molecular weight excluding hydrogens is 670 g/mol. The van der Waals surface area contributed by atoms with E-state index in [1.165, 1.54) is 7.11 Å². The average molecular weight is 716 g/mol. The Labute approximate surface area is 309 Å². The molecule has 1 aromatic heterocycles. The summed E-state index contributed by atoms with van der Waals surface area (Å²) in [4.78, 5) is 66.0. The smallest absolute Gasteiger partial charge is 0.407 e. The van der Waals surface area contributed by atoms with Crippen LogP contribution >= 0.6 is 0 Å². The zero-order valence-corrected chi connectivity index (χ0v) is 30.2. The standard InChI is InChI=1S/C41H45N7O5/c1-46(2)36(31-14-8-5-9-15-31)40(51)48-25-11-17-34(48)38(49)43-26-29-20-18-28(19-21-29)22-23-32-27-42-37(44-32)33-16-10-24-47(33)39(50)35(45-41(52)53-3)30-12-6-4-7-13-30/h4-9,12-15,18-21,27,33-36H,10-11,16-17,24-26H2,1-3H3,(H,42,44)(H,43,49)(H,45,52)/t33-,34-,35+,36+/m0/s1. The number of H-pyrrole nitrogens is 1. The summed E-state index contributed by atoms with van der Waals surface area (Å²) in [5.41, 5.74) is 3.89. The zero-order chi connectivity index (χ0) is 37.3. The van der Waals surface area contributed by atoms with Gasteiger partial charge in [-0.05, 0) is 74.5 Å². The van der Waals surface area contributed by atoms with Crippen LogP contribution in [-0.4, -0.2) is 88.8 Å². The van der Waals surface area contributed by atoms with Crippen LogP contribution in [0.3, 0.4) is 0 Å². The minimum atomic E-state index is -0.892. The van der Waals surface area contributed by atoms with Crippen molar-refractivity contribution in [3.63, 3.8) is 0 Å². The summed E-state index contributed by atoms with van der Waals surface area (Å²) in [5.74, 6) is 6.46. The predicted molar refractivity (Wildman–Crippen MR) is 199 cm³/mol. The summed E-state index contributed by atoms with van der Waals surface area (Å²) in [6.45, 7) is 1.42. The minimum absolute atomic E-state index is 0.0649. The number of imidazole rings is 1. The fourth-order valence-corrected chi connectivity index (χ4v) is 7.07. The normalized spacial score (nSPS) is 17.8. The summed E-state index contributed by atoms with van der Waals surface area (Å²) in [5, 5.41) is 5.71. The lowest BCUT2D eigenvalue weighted by Crippen LogP contribution is -2.49. The summed E-state index contributed by atoms with van der Waals surface area (Å²) in [6.07, 6.45) is 3.91. The van der Waals surface area contributed by atoms with Gasteiger partial charge in [0, 0.05) is 25.2 Å². The molecule has 4 amide bonds. The molecule has 4 aromatic rings. The Morgan fingerprint density at radius 1 is 0.868 bits per heavy atom. The molecule has 12 heteroatoms. The van der Waals surface area contributed by atoms with Gasteiger partial charge in [-0.1, -0.05) is 78.7 Å². The van der Waals surface area contributed by atoms with Gasteiger partial charge in [-0.15, -0.1) is 0 Å². The molecule has 0 saturated carbocycles. The largest absolute Gasteiger partial charge is 0.453 e. The highest BCUT2D eigenvalue weighted by atomic mass is 16.5. The van der Waals surface area contributed by atoms with Crippen LogP contribution in [0.25, 0.3) is 0 Å². The Morgan fingerprint density at radius 3 is 2.21 bits per heavy atom. The van der Waals surface area contributed by atoms with Gasteiger partial charge in [-0.2, -0.15) is 0 Å². The lowest BCUT2D eigenvalue weighted by molar-refractivity contribution is -0.142. The van der Waals surface area contributed by atoms with Crippen molar-refractivity contribution in [1.29, 1.82) is 0 Å². The number of likely N-dealkylation sites (tertiary alicyclic amines) is 2. The Balaban J connectivity index is 1.05. The number of amides is 4. The molecule has 0 radical (unpaired) electrons. The fraction of sp³-hybridized carbons (Fsp3) is 0.341. The molecule has 0 bridgehead atoms. The molecule has 2 aliphatic rings. The highest BCUT2D eigenvalue weighted by Crippen LogP contribution is 2.33. The summed E-state index contributed by atoms with van der Waals surface area (Å²) < 4.78 is 4.79. The van der Waals surface area contributed by atoms with E-state index in [0.717, 1.165) is 36.0 Å². The number of methoxy groups -OCH3 is 1. The number of ether oxygens (including phenoxy) is 1. The van der Waals surface area contributed by atoms with Crippen LogP contribution in [0.2, 0.25) is 0 Å². The van der Waals surface area contributed by atoms with Gasteiger partial charge in [0.2, 0.25) is 11.8 Å². The third-order valence-corrected chi connectivity index (χ3v) is 9.74. The van der Waals surface area contributed by atoms with Crippen molar-refractivity contribution >= 4 is 23.8 Å². The first-order valence-corrected chi connectivity index (χ1v) is 17.9. The number of rotatable bonds is 10. The predicted octanol–water partition coefficient (Wildman–Crippen LogP) is 4.48. The second-order valence-corrected chi connectivity index (χ2v) is 13.5. The van der Waals surface area contributed by atoms with Gasteiger partial charge in [0.25, 0.3) is 5.91 Å². The highest BCUT2D eigenvalue weighted by Gasteiger charge is 2.39. The van der Waals surface area contributed by atoms with E-state index in [0.29, 0.717) is 43.1 Å². The molecule has 3 N–H and O–H groups in total. The van der Waals surface area contributed by atoms with E-state index in [1.54, 1.807) is 28.1 Å². The lowest BCUT2D eigenvalue weighted by atomic mass is 10.0. The molecule has 4 atom stereocenters. The molecule has 2 saturated heterocycles. The van der Waals surface area contributed by atoms with Crippen LogP contribution in [-0.2, 0) is 25.7 Å². The Kier molecular flexibility index (Phi) is 11.9. The second-order valence-electron chi connectivity index (χ2n) is 13.5. The molecule has 0 unspecified atom stereocenters. The fourth-order valence-electron chi connectivity index (χ4n) is 7.07. The Hall–Kier alpha value is -5.93. The monoisotopic (exact) mass is 715 g/mol. The molecule has 12 nitrogen and oxygen atoms in total. The first kappa shape index (κ1) is 36.8. The number of hydrogen-bond donors (Lipinski definition) is 3. The van der Waals surface area contributed by atoms with Gasteiger partial charge >= 0.3 is 6.09 Å². The Morgan fingerprint density at radius 2 is 1.53 bits per heavy atom. The van der Waals surface area contributed by atoms with Crippen LogP contribution in [0.1, 0.15) is 77.6 Å². The lowest BCUT2D eigenvalue weighted by Gasteiger charge is -2.31. The molecule has 3 aromatic carbocycles. The van der Waals surface area contributed by atoms with Crippen molar-refractivity contribution in [2.45, 2.75) is 56.4 Å². The molecule has 6 rings (SSSR count). The Bertz CT molecular complexity index is 1950. The molecule has 0 spiro atoms. The highest BCUT2D eigenvalue weighted by molar-refractivity contribution is 5.91. The van der Waals surface area contributed by atoms with E-state index in [1.807, 2.05) is 91.8 Å². The molecule has 2 aliphatic heterocycles. The first-order valence-electron chi connectivity index (χ1n) is 17.9. The maximum Gasteiger partial charge on any atom is 0.407 e. The number of carbonyl (C=O) groups excluding carboxylic acids is 4. The number of carbonyl (C=O) groups is 4. The van der Waals surface area contributed by atoms with Gasteiger partial charge in [0.1, 0.15) is 29.6 Å². The van der Waals surface area contributed by atoms with E-state index < -0.39 is 24.2 Å². The van der Waals surface area contributed by atoms with Gasteiger partial charge in [0.15, 0.2) is 0 Å². The first-order chi connectivity index (χ1) is 25.7. The van der Waals surface area contributed by atoms with Gasteiger partial charge in [-0.25, -0.2) is 9.78 Å². The van der Waals surface area contributed by atoms with Crippen LogP contribution in [0.5, 0.6) is 0 Å². The van der Waals surface area contributed by atoms with Crippen molar-refractivity contribution in [2.75, 3.05) is 34.3 Å². The van der Waals surface area contributed by atoms with E-state index >= 15 is 0 Å². The van der Waals surface area contributed by atoms with Crippen LogP contribution in [0.4, 0.5) is 4.79 Å². The summed E-state index contributed by atoms with van der Waals surface area (Å²) in [7, 11) is 5.03. The topological polar surface area (TPSA) is 140 Å². The van der Waals surface area contributed by atoms with E-state index in [9.17, 15) is 19.2 Å². The number of benzene rings is 3. The number of likely N-dealkylation sites (N-methyl/N-ethyl adjacent to an activating group) is 1. The molecular formula is C41H45N7O5. The maximum atomic E-state index is 13.8. The van der Waals surface area contributed by atoms with Crippen molar-refractivity contribution in [3.8, 4) is 11.8 Å². The number of hydrogen-bond acceptors (Lipinski definition) is 7. The number of nitrogens with one attached hydrogen (secondary N) is 3. The van der Waals surface area contributed by atoms with Crippen LogP contribution < -0.4 is 10.6 Å². The molecule has 0 aliphatic carbocycles. The molecule has 53 heavy (non-hydrogen) atoms. The summed E-state index contributed by atoms with van der Waals surface area (Å²) in [6, 6.07) is 24.2. The molecule has 2 fully saturated rings. The average Bonchev–Trinajstić information content (AvgIpc) is 3.98. The van der Waals surface area contributed by atoms with Crippen molar-refractivity contribution in [3.05, 3.63) is 125 Å². The quantitative estimate of drug-likeness (QED) is 0.206. The number of alkyl carbamates (subject to hydrolysis) is 1. The van der Waals surface area contributed by atoms with Crippen LogP contribution in [0.15, 0.2) is 91.1 Å². The maximum absolute atomic E-state index is 13.8. The third-order valence-electron chi connectivity index (χ3n) is 9.74. The number of aromatic nitrogens is 2. The van der Waals surface area contributed by atoms with Crippen molar-refractivity contribution in [1.82, 2.24) is 35.3 Å². The summed E-state index contributed by atoms with van der Waals surface area (Å²) >= 11 is 0. The number of aromatic amines is 1. The second kappa shape index (κ2) is 17.1. The van der Waals surface area contributed by atoms with Crippen molar-refractivity contribution in [2.24, 2.45) is 0 Å². The SMILES string of the molecule is COC(=O)N[C@@H](C(=O)N1CCC[C@H]1c1ncc(C#Cc2ccc(CNC(=O)[C@@H]3CCCN3C(=O)[C@@H](c3ccccc3)N(C)C)cc2)[nH]1)c1ccccc1. The van der Waals surface area contributed by atoms with E-state index in [2.05, 4.69) is 32.4 Å².